The summed E-state index contributed by atoms with van der Waals surface area (Å²) in [5, 5.41) is 5.30. The maximum absolute atomic E-state index is 10.9. The minimum atomic E-state index is -0.309. The number of hydrogen-bond donors (Lipinski definition) is 2. The monoisotopic (exact) mass is 318 g/mol. The zero-order valence-corrected chi connectivity index (χ0v) is 14.9. The minimum Gasteiger partial charge on any atom is -0.450 e. The van der Waals surface area contributed by atoms with Crippen molar-refractivity contribution in [3.63, 3.8) is 0 Å². The van der Waals surface area contributed by atoms with E-state index in [0.717, 1.165) is 32.2 Å². The largest absolute Gasteiger partial charge is 0.450 e. The van der Waals surface area contributed by atoms with Gasteiger partial charge < -0.3 is 20.1 Å². The van der Waals surface area contributed by atoms with E-state index in [9.17, 15) is 9.59 Å². The SMILES string of the molecule is CCCCNC(=O)OCC.CCCCNC(=O)OCC(C)C. The van der Waals surface area contributed by atoms with Gasteiger partial charge >= 0.3 is 12.2 Å². The minimum absolute atomic E-state index is 0.294. The second kappa shape index (κ2) is 17.6. The van der Waals surface area contributed by atoms with E-state index in [1.807, 2.05) is 13.8 Å². The van der Waals surface area contributed by atoms with Crippen molar-refractivity contribution in [2.75, 3.05) is 26.3 Å². The third-order valence-corrected chi connectivity index (χ3v) is 2.42. The van der Waals surface area contributed by atoms with Crippen LogP contribution >= 0.6 is 0 Å². The molecule has 0 aromatic rings. The highest BCUT2D eigenvalue weighted by Crippen LogP contribution is 1.92. The Bertz CT molecular complexity index is 271. The van der Waals surface area contributed by atoms with Gasteiger partial charge in [-0.3, -0.25) is 0 Å². The third-order valence-electron chi connectivity index (χ3n) is 2.42. The zero-order chi connectivity index (χ0) is 17.2. The fourth-order valence-electron chi connectivity index (χ4n) is 1.21. The number of alkyl carbamates (subject to hydrolysis) is 2. The van der Waals surface area contributed by atoms with Crippen LogP contribution in [0.15, 0.2) is 0 Å². The summed E-state index contributed by atoms with van der Waals surface area (Å²) in [6.07, 6.45) is 3.60. The Morgan fingerprint density at radius 1 is 0.864 bits per heavy atom. The summed E-state index contributed by atoms with van der Waals surface area (Å²) >= 11 is 0. The normalized spacial score (nSPS) is 9.55. The molecule has 0 radical (unpaired) electrons. The van der Waals surface area contributed by atoms with E-state index >= 15 is 0 Å². The predicted octanol–water partition coefficient (Wildman–Crippen LogP) is 3.70. The van der Waals surface area contributed by atoms with Gasteiger partial charge in [0.2, 0.25) is 0 Å². The average molecular weight is 318 g/mol. The Labute approximate surface area is 135 Å². The standard InChI is InChI=1S/C9H19NO2.C7H15NO2/c1-4-5-6-10-9(11)12-7-8(2)3;1-3-5-6-8-7(9)10-4-2/h8H,4-7H2,1-3H3,(H,10,11);3-6H2,1-2H3,(H,8,9). The van der Waals surface area contributed by atoms with Crippen molar-refractivity contribution < 1.29 is 19.1 Å². The average Bonchev–Trinajstić information content (AvgIpc) is 2.47. The first-order valence-electron chi connectivity index (χ1n) is 8.29. The zero-order valence-electron chi connectivity index (χ0n) is 14.9. The molecule has 0 heterocycles. The van der Waals surface area contributed by atoms with E-state index in [0.29, 0.717) is 25.7 Å². The Morgan fingerprint density at radius 3 is 1.68 bits per heavy atom. The molecule has 0 aliphatic heterocycles. The Balaban J connectivity index is 0. The van der Waals surface area contributed by atoms with E-state index < -0.39 is 0 Å². The van der Waals surface area contributed by atoms with Crippen LogP contribution in [0.25, 0.3) is 0 Å². The van der Waals surface area contributed by atoms with Crippen LogP contribution in [-0.2, 0) is 9.47 Å². The maximum atomic E-state index is 10.9. The summed E-state index contributed by atoms with van der Waals surface area (Å²) in [4.78, 5) is 21.5. The molecule has 2 N–H and O–H groups in total. The molecule has 0 bridgehead atoms. The Hall–Kier alpha value is -1.46. The van der Waals surface area contributed by atoms with Crippen LogP contribution in [-0.4, -0.2) is 38.5 Å². The summed E-state index contributed by atoms with van der Waals surface area (Å²) < 4.78 is 9.54. The van der Waals surface area contributed by atoms with Crippen molar-refractivity contribution in [1.82, 2.24) is 10.6 Å². The number of carbonyl (C=O) groups is 2. The first kappa shape index (κ1) is 22.8. The lowest BCUT2D eigenvalue weighted by Gasteiger charge is -2.07. The van der Waals surface area contributed by atoms with Gasteiger partial charge in [-0.1, -0.05) is 40.5 Å². The van der Waals surface area contributed by atoms with Crippen molar-refractivity contribution in [3.8, 4) is 0 Å². The summed E-state index contributed by atoms with van der Waals surface area (Å²) in [5.74, 6) is 0.405. The van der Waals surface area contributed by atoms with E-state index in [-0.39, 0.29) is 12.2 Å². The van der Waals surface area contributed by atoms with E-state index in [1.165, 1.54) is 0 Å². The molecule has 0 aliphatic carbocycles. The number of amides is 2. The van der Waals surface area contributed by atoms with Crippen LogP contribution in [0.4, 0.5) is 9.59 Å². The van der Waals surface area contributed by atoms with Crippen molar-refractivity contribution in [2.45, 2.75) is 60.3 Å². The van der Waals surface area contributed by atoms with Crippen LogP contribution in [0.1, 0.15) is 60.3 Å². The molecule has 6 nitrogen and oxygen atoms in total. The van der Waals surface area contributed by atoms with E-state index in [1.54, 1.807) is 6.92 Å². The van der Waals surface area contributed by atoms with Gasteiger partial charge in [0.1, 0.15) is 0 Å². The van der Waals surface area contributed by atoms with Gasteiger partial charge in [-0.25, -0.2) is 9.59 Å². The van der Waals surface area contributed by atoms with Gasteiger partial charge in [0, 0.05) is 13.1 Å². The predicted molar refractivity (Wildman–Crippen MR) is 89.0 cm³/mol. The highest BCUT2D eigenvalue weighted by Gasteiger charge is 2.01. The van der Waals surface area contributed by atoms with Crippen LogP contribution < -0.4 is 10.6 Å². The molecule has 0 unspecified atom stereocenters. The number of ether oxygens (including phenoxy) is 2. The first-order valence-corrected chi connectivity index (χ1v) is 8.29. The molecule has 6 heteroatoms. The number of unbranched alkanes of at least 4 members (excludes halogenated alkanes) is 2. The van der Waals surface area contributed by atoms with E-state index in [4.69, 9.17) is 4.74 Å². The molecule has 0 aromatic carbocycles. The van der Waals surface area contributed by atoms with Crippen molar-refractivity contribution in [3.05, 3.63) is 0 Å². The first-order chi connectivity index (χ1) is 10.5. The van der Waals surface area contributed by atoms with Crippen LogP contribution in [0.3, 0.4) is 0 Å². The van der Waals surface area contributed by atoms with Crippen molar-refractivity contribution in [2.24, 2.45) is 5.92 Å². The molecule has 0 aromatic heterocycles. The molecule has 0 aliphatic rings. The molecule has 0 fully saturated rings. The number of rotatable bonds is 9. The van der Waals surface area contributed by atoms with Gasteiger partial charge in [0.15, 0.2) is 0 Å². The molecule has 132 valence electrons. The number of nitrogens with one attached hydrogen (secondary N) is 2. The molecular weight excluding hydrogens is 284 g/mol. The second-order valence-electron chi connectivity index (χ2n) is 5.27. The highest BCUT2D eigenvalue weighted by molar-refractivity contribution is 5.67. The van der Waals surface area contributed by atoms with Gasteiger partial charge in [-0.05, 0) is 25.7 Å². The molecule has 0 atom stereocenters. The molecule has 0 rings (SSSR count). The number of hydrogen-bond acceptors (Lipinski definition) is 4. The lowest BCUT2D eigenvalue weighted by molar-refractivity contribution is 0.133. The topological polar surface area (TPSA) is 76.7 Å². The van der Waals surface area contributed by atoms with Crippen LogP contribution in [0.2, 0.25) is 0 Å². The lowest BCUT2D eigenvalue weighted by Crippen LogP contribution is -2.26. The molecular formula is C16H34N2O4. The summed E-state index contributed by atoms with van der Waals surface area (Å²) in [6.45, 7) is 12.4. The van der Waals surface area contributed by atoms with Gasteiger partial charge in [-0.2, -0.15) is 0 Å². The smallest absolute Gasteiger partial charge is 0.407 e. The van der Waals surface area contributed by atoms with Gasteiger partial charge in [0.25, 0.3) is 0 Å². The molecule has 22 heavy (non-hydrogen) atoms. The number of carbonyl (C=O) groups excluding carboxylic acids is 2. The van der Waals surface area contributed by atoms with Crippen molar-refractivity contribution in [1.29, 1.82) is 0 Å². The Morgan fingerprint density at radius 2 is 1.32 bits per heavy atom. The fourth-order valence-corrected chi connectivity index (χ4v) is 1.21. The van der Waals surface area contributed by atoms with Crippen molar-refractivity contribution >= 4 is 12.2 Å². The van der Waals surface area contributed by atoms with Crippen LogP contribution in [0.5, 0.6) is 0 Å². The molecule has 0 saturated carbocycles. The quantitative estimate of drug-likeness (QED) is 0.635. The maximum Gasteiger partial charge on any atom is 0.407 e. The van der Waals surface area contributed by atoms with Gasteiger partial charge in [-0.15, -0.1) is 0 Å². The second-order valence-corrected chi connectivity index (χ2v) is 5.27. The fraction of sp³-hybridized carbons (Fsp3) is 0.875. The summed E-state index contributed by atoms with van der Waals surface area (Å²) in [6, 6.07) is 0. The van der Waals surface area contributed by atoms with Crippen LogP contribution in [0, 0.1) is 5.92 Å². The third kappa shape index (κ3) is 20.8. The lowest BCUT2D eigenvalue weighted by atomic mass is 10.2. The molecule has 2 amide bonds. The summed E-state index contributed by atoms with van der Waals surface area (Å²) in [5.41, 5.74) is 0. The summed E-state index contributed by atoms with van der Waals surface area (Å²) in [7, 11) is 0. The molecule has 0 spiro atoms. The highest BCUT2D eigenvalue weighted by atomic mass is 16.6. The molecule has 0 saturated heterocycles. The Kier molecular flexibility index (Phi) is 18.2. The van der Waals surface area contributed by atoms with E-state index in [2.05, 4.69) is 29.2 Å². The van der Waals surface area contributed by atoms with Gasteiger partial charge in [0.05, 0.1) is 13.2 Å².